The van der Waals surface area contributed by atoms with Crippen LogP contribution >= 0.6 is 0 Å². The molecule has 0 amide bonds. The van der Waals surface area contributed by atoms with Crippen molar-refractivity contribution in [2.45, 2.75) is 43.9 Å². The van der Waals surface area contributed by atoms with Crippen LogP contribution in [0.15, 0.2) is 11.1 Å². The predicted molar refractivity (Wildman–Crippen MR) is 71.6 cm³/mol. The van der Waals surface area contributed by atoms with Gasteiger partial charge in [0.2, 0.25) is 0 Å². The van der Waals surface area contributed by atoms with Crippen LogP contribution in [-0.4, -0.2) is 32.4 Å². The maximum absolute atomic E-state index is 12.7. The number of allylic oxidation sites excluding steroid dienone is 1. The second-order valence-corrected chi connectivity index (χ2v) is 10.9. The molecule has 0 radical (unpaired) electrons. The fraction of sp³-hybridized carbons (Fsp3) is 0.833. The second kappa shape index (κ2) is 3.20. The molecule has 0 saturated carbocycles. The molecule has 104 valence electrons. The van der Waals surface area contributed by atoms with Gasteiger partial charge in [-0.25, -0.2) is 16.8 Å². The first-order valence-electron chi connectivity index (χ1n) is 5.94. The quantitative estimate of drug-likeness (QED) is 0.687. The van der Waals surface area contributed by atoms with E-state index < -0.39 is 34.4 Å². The highest BCUT2D eigenvalue weighted by molar-refractivity contribution is 8.09. The van der Waals surface area contributed by atoms with Gasteiger partial charge >= 0.3 is 0 Å². The molecular weight excluding hydrogens is 272 g/mol. The van der Waals surface area contributed by atoms with Crippen LogP contribution in [0, 0.1) is 11.3 Å². The van der Waals surface area contributed by atoms with Gasteiger partial charge in [-0.05, 0) is 26.7 Å². The fourth-order valence-electron chi connectivity index (χ4n) is 4.06. The zero-order valence-electron chi connectivity index (χ0n) is 11.6. The van der Waals surface area contributed by atoms with Gasteiger partial charge in [-0.3, -0.25) is 0 Å². The number of hydrogen-bond acceptors (Lipinski definition) is 4. The first-order valence-corrected chi connectivity index (χ1v) is 9.44. The lowest BCUT2D eigenvalue weighted by atomic mass is 9.76. The van der Waals surface area contributed by atoms with E-state index in [0.717, 1.165) is 17.4 Å². The summed E-state index contributed by atoms with van der Waals surface area (Å²) in [6.45, 7) is 8.97. The van der Waals surface area contributed by atoms with E-state index in [9.17, 15) is 16.8 Å². The molecule has 1 aliphatic heterocycles. The summed E-state index contributed by atoms with van der Waals surface area (Å²) in [5.41, 5.74) is 0.936. The van der Waals surface area contributed by atoms with Gasteiger partial charge in [0.05, 0.1) is 4.75 Å². The topological polar surface area (TPSA) is 68.3 Å². The van der Waals surface area contributed by atoms with Gasteiger partial charge in [-0.15, -0.1) is 0 Å². The molecule has 4 atom stereocenters. The first kappa shape index (κ1) is 14.1. The van der Waals surface area contributed by atoms with E-state index >= 15 is 0 Å². The molecule has 1 unspecified atom stereocenters. The van der Waals surface area contributed by atoms with Crippen molar-refractivity contribution >= 4 is 19.7 Å². The number of fused-ring (bicyclic) bond motifs is 2. The average Bonchev–Trinajstić information content (AvgIpc) is 2.39. The summed E-state index contributed by atoms with van der Waals surface area (Å²) in [6.07, 6.45) is 1.03. The Morgan fingerprint density at radius 2 is 1.56 bits per heavy atom. The van der Waals surface area contributed by atoms with Gasteiger partial charge in [0.25, 0.3) is 0 Å². The SMILES string of the molecule is CC1=C(C)[C@]2(C)C(C)[C@@]1(C)S(=O)(=O)[C@H]2S(C)(=O)=O. The molecule has 2 rings (SSSR count). The van der Waals surface area contributed by atoms with E-state index in [1.54, 1.807) is 13.8 Å². The Hall–Kier alpha value is -0.360. The van der Waals surface area contributed by atoms with Gasteiger partial charge < -0.3 is 0 Å². The Bertz CT molecular complexity index is 656. The smallest absolute Gasteiger partial charge is 0.177 e. The summed E-state index contributed by atoms with van der Waals surface area (Å²) in [4.78, 5) is 0. The number of hydrogen-bond donors (Lipinski definition) is 0. The molecule has 1 fully saturated rings. The molecule has 1 saturated heterocycles. The minimum absolute atomic E-state index is 0.213. The largest absolute Gasteiger partial charge is 0.228 e. The lowest BCUT2D eigenvalue weighted by Crippen LogP contribution is -2.45. The van der Waals surface area contributed by atoms with Crippen molar-refractivity contribution in [1.82, 2.24) is 0 Å². The van der Waals surface area contributed by atoms with Crippen molar-refractivity contribution in [2.24, 2.45) is 11.3 Å². The zero-order chi connectivity index (χ0) is 14.3. The van der Waals surface area contributed by atoms with Crippen molar-refractivity contribution in [2.75, 3.05) is 6.26 Å². The highest BCUT2D eigenvalue weighted by Gasteiger charge is 2.74. The van der Waals surface area contributed by atoms with Crippen LogP contribution in [0.5, 0.6) is 0 Å². The highest BCUT2D eigenvalue weighted by atomic mass is 32.3. The summed E-state index contributed by atoms with van der Waals surface area (Å²) < 4.78 is 47.0. The monoisotopic (exact) mass is 292 g/mol. The predicted octanol–water partition coefficient (Wildman–Crippen LogP) is 1.54. The summed E-state index contributed by atoms with van der Waals surface area (Å²) in [5, 5.41) is 0. The summed E-state index contributed by atoms with van der Waals surface area (Å²) >= 11 is 0. The lowest BCUT2D eigenvalue weighted by molar-refractivity contribution is 0.300. The average molecular weight is 292 g/mol. The molecule has 6 heteroatoms. The Morgan fingerprint density at radius 3 is 1.89 bits per heavy atom. The summed E-state index contributed by atoms with van der Waals surface area (Å²) in [5.74, 6) is -0.213. The van der Waals surface area contributed by atoms with E-state index in [4.69, 9.17) is 0 Å². The van der Waals surface area contributed by atoms with Crippen LogP contribution in [0.4, 0.5) is 0 Å². The lowest BCUT2D eigenvalue weighted by Gasteiger charge is -2.33. The maximum Gasteiger partial charge on any atom is 0.177 e. The van der Waals surface area contributed by atoms with Gasteiger partial charge in [-0.2, -0.15) is 0 Å². The van der Waals surface area contributed by atoms with Crippen molar-refractivity contribution < 1.29 is 16.8 Å². The maximum atomic E-state index is 12.7. The van der Waals surface area contributed by atoms with Gasteiger partial charge in [0, 0.05) is 11.7 Å². The van der Waals surface area contributed by atoms with Crippen LogP contribution in [0.25, 0.3) is 0 Å². The number of rotatable bonds is 1. The van der Waals surface area contributed by atoms with E-state index in [0.29, 0.717) is 0 Å². The Labute approximate surface area is 109 Å². The molecule has 2 aliphatic rings. The van der Waals surface area contributed by atoms with Gasteiger partial charge in [0.1, 0.15) is 0 Å². The molecule has 0 N–H and O–H groups in total. The normalized spacial score (nSPS) is 46.8. The summed E-state index contributed by atoms with van der Waals surface area (Å²) in [7, 11) is -7.37. The van der Waals surface area contributed by atoms with Crippen LogP contribution in [0.1, 0.15) is 34.6 Å². The van der Waals surface area contributed by atoms with Crippen LogP contribution < -0.4 is 0 Å². The van der Waals surface area contributed by atoms with Crippen molar-refractivity contribution in [3.05, 3.63) is 11.1 Å². The van der Waals surface area contributed by atoms with E-state index in [1.165, 1.54) is 0 Å². The second-order valence-electron chi connectivity index (χ2n) is 6.07. The molecule has 0 aromatic rings. The molecule has 0 aromatic heterocycles. The molecule has 2 bridgehead atoms. The third-order valence-electron chi connectivity index (χ3n) is 5.59. The van der Waals surface area contributed by atoms with E-state index in [-0.39, 0.29) is 5.92 Å². The molecule has 1 heterocycles. The molecule has 4 nitrogen and oxygen atoms in total. The Kier molecular flexibility index (Phi) is 2.50. The van der Waals surface area contributed by atoms with Crippen LogP contribution in [-0.2, 0) is 19.7 Å². The van der Waals surface area contributed by atoms with Crippen molar-refractivity contribution in [3.8, 4) is 0 Å². The molecule has 0 aromatic carbocycles. The van der Waals surface area contributed by atoms with E-state index in [1.807, 2.05) is 20.8 Å². The molecular formula is C12H20O4S2. The third kappa shape index (κ3) is 1.12. The fourth-order valence-corrected chi connectivity index (χ4v) is 10.6. The van der Waals surface area contributed by atoms with E-state index in [2.05, 4.69) is 0 Å². The van der Waals surface area contributed by atoms with Crippen molar-refractivity contribution in [1.29, 1.82) is 0 Å². The van der Waals surface area contributed by atoms with Crippen LogP contribution in [0.3, 0.4) is 0 Å². The van der Waals surface area contributed by atoms with Gasteiger partial charge in [-0.1, -0.05) is 25.0 Å². The first-order chi connectivity index (χ1) is 7.84. The third-order valence-corrected chi connectivity index (χ3v) is 11.6. The number of sulfone groups is 2. The zero-order valence-corrected chi connectivity index (χ0v) is 13.2. The van der Waals surface area contributed by atoms with Gasteiger partial charge in [0.15, 0.2) is 24.3 Å². The Balaban J connectivity index is 2.95. The highest BCUT2D eigenvalue weighted by Crippen LogP contribution is 2.66. The summed E-state index contributed by atoms with van der Waals surface area (Å²) in [6, 6.07) is 0. The molecule has 1 aliphatic carbocycles. The van der Waals surface area contributed by atoms with Crippen LogP contribution in [0.2, 0.25) is 0 Å². The molecule has 0 spiro atoms. The minimum atomic E-state index is -3.72. The minimum Gasteiger partial charge on any atom is -0.228 e. The molecule has 18 heavy (non-hydrogen) atoms. The van der Waals surface area contributed by atoms with Crippen molar-refractivity contribution in [3.63, 3.8) is 0 Å². The Morgan fingerprint density at radius 1 is 1.11 bits per heavy atom. The standard InChI is InChI=1S/C12H20O4S2/c1-7-8(2)12(5)9(3)11(7,4)10(17(6,13)14)18(12,15)16/h9-10H,1-6H3/t9?,10-,11-,12+/m1/s1.